The molecule has 1 saturated carbocycles. The molecule has 2 heterocycles. The number of rotatable bonds is 5. The van der Waals surface area contributed by atoms with Crippen molar-refractivity contribution < 1.29 is 8.42 Å². The first-order valence-corrected chi connectivity index (χ1v) is 12.9. The number of benzene rings is 2. The number of sulfonamides is 1. The lowest BCUT2D eigenvalue weighted by atomic mass is 10.2. The number of nitrogens with zero attached hydrogens (tertiary/aromatic N) is 4. The summed E-state index contributed by atoms with van der Waals surface area (Å²) < 4.78 is 27.5. The zero-order chi connectivity index (χ0) is 22.1. The van der Waals surface area contributed by atoms with E-state index >= 15 is 0 Å². The van der Waals surface area contributed by atoms with Crippen molar-refractivity contribution in [2.75, 3.05) is 36.4 Å². The van der Waals surface area contributed by atoms with Crippen LogP contribution in [0.1, 0.15) is 25.7 Å². The van der Waals surface area contributed by atoms with Crippen molar-refractivity contribution in [3.63, 3.8) is 0 Å². The number of anilines is 2. The molecule has 168 valence electrons. The molecule has 0 spiro atoms. The van der Waals surface area contributed by atoms with Gasteiger partial charge in [0, 0.05) is 42.6 Å². The monoisotopic (exact) mass is 471 g/mol. The van der Waals surface area contributed by atoms with Crippen LogP contribution in [0.5, 0.6) is 0 Å². The van der Waals surface area contributed by atoms with Crippen molar-refractivity contribution in [3.05, 3.63) is 53.6 Å². The van der Waals surface area contributed by atoms with Gasteiger partial charge in [0.25, 0.3) is 0 Å². The van der Waals surface area contributed by atoms with Crippen LogP contribution in [0, 0.1) is 0 Å². The van der Waals surface area contributed by atoms with Crippen LogP contribution in [0.4, 0.5) is 11.8 Å². The molecule has 9 heteroatoms. The summed E-state index contributed by atoms with van der Waals surface area (Å²) in [6, 6.07) is 14.8. The topological polar surface area (TPSA) is 78.4 Å². The molecule has 7 nitrogen and oxygen atoms in total. The fraction of sp³-hybridized carbons (Fsp3) is 0.391. The lowest BCUT2D eigenvalue weighted by molar-refractivity contribution is 0.382. The predicted octanol–water partition coefficient (Wildman–Crippen LogP) is 4.15. The second kappa shape index (κ2) is 8.84. The van der Waals surface area contributed by atoms with Gasteiger partial charge in [-0.1, -0.05) is 36.6 Å². The highest BCUT2D eigenvalue weighted by molar-refractivity contribution is 7.89. The molecular formula is C23H26ClN5O2S. The van der Waals surface area contributed by atoms with Gasteiger partial charge < -0.3 is 10.2 Å². The second-order valence-corrected chi connectivity index (χ2v) is 10.7. The number of halogens is 1. The van der Waals surface area contributed by atoms with E-state index in [-0.39, 0.29) is 4.90 Å². The molecule has 1 saturated heterocycles. The molecule has 2 aromatic carbocycles. The Labute approximate surface area is 193 Å². The van der Waals surface area contributed by atoms with E-state index < -0.39 is 10.0 Å². The van der Waals surface area contributed by atoms with Gasteiger partial charge in [0.2, 0.25) is 16.0 Å². The molecule has 1 aliphatic carbocycles. The number of piperazine rings is 1. The van der Waals surface area contributed by atoms with Crippen molar-refractivity contribution in [2.24, 2.45) is 0 Å². The normalized spacial score (nSPS) is 18.3. The first-order chi connectivity index (χ1) is 15.5. The maximum absolute atomic E-state index is 13.0. The highest BCUT2D eigenvalue weighted by Gasteiger charge is 2.30. The molecule has 0 radical (unpaired) electrons. The van der Waals surface area contributed by atoms with Crippen LogP contribution in [0.3, 0.4) is 0 Å². The maximum atomic E-state index is 13.0. The Hall–Kier alpha value is -2.42. The molecule has 0 unspecified atom stereocenters. The Morgan fingerprint density at radius 1 is 0.906 bits per heavy atom. The van der Waals surface area contributed by atoms with Gasteiger partial charge in [-0.2, -0.15) is 9.29 Å². The minimum absolute atomic E-state index is 0.264. The van der Waals surface area contributed by atoms with Gasteiger partial charge in [0.1, 0.15) is 5.82 Å². The van der Waals surface area contributed by atoms with Crippen molar-refractivity contribution >= 4 is 44.3 Å². The summed E-state index contributed by atoms with van der Waals surface area (Å²) in [4.78, 5) is 12.0. The Balaban J connectivity index is 1.36. The molecule has 0 atom stereocenters. The average molecular weight is 472 g/mol. The van der Waals surface area contributed by atoms with E-state index in [9.17, 15) is 8.42 Å². The smallest absolute Gasteiger partial charge is 0.243 e. The van der Waals surface area contributed by atoms with Crippen LogP contribution in [0.25, 0.3) is 10.9 Å². The number of para-hydroxylation sites is 1. The Bertz CT molecular complexity index is 1200. The number of nitrogens with one attached hydrogen (secondary N) is 1. The summed E-state index contributed by atoms with van der Waals surface area (Å²) in [5.74, 6) is 1.52. The van der Waals surface area contributed by atoms with Gasteiger partial charge in [-0.15, -0.1) is 0 Å². The summed E-state index contributed by atoms with van der Waals surface area (Å²) in [5, 5.41) is 5.17. The summed E-state index contributed by atoms with van der Waals surface area (Å²) in [7, 11) is -3.55. The van der Waals surface area contributed by atoms with E-state index in [1.54, 1.807) is 24.3 Å². The Morgan fingerprint density at radius 3 is 2.31 bits per heavy atom. The third kappa shape index (κ3) is 4.27. The van der Waals surface area contributed by atoms with Gasteiger partial charge in [0.05, 0.1) is 10.4 Å². The zero-order valence-corrected chi connectivity index (χ0v) is 19.3. The third-order valence-corrected chi connectivity index (χ3v) is 8.43. The third-order valence-electron chi connectivity index (χ3n) is 6.26. The van der Waals surface area contributed by atoms with Crippen LogP contribution in [0.2, 0.25) is 5.02 Å². The largest absolute Gasteiger partial charge is 0.367 e. The van der Waals surface area contributed by atoms with Gasteiger partial charge in [-0.3, -0.25) is 0 Å². The second-order valence-electron chi connectivity index (χ2n) is 8.36. The summed E-state index contributed by atoms with van der Waals surface area (Å²) >= 11 is 5.91. The van der Waals surface area contributed by atoms with Gasteiger partial charge in [0.15, 0.2) is 0 Å². The number of hydrogen-bond donors (Lipinski definition) is 1. The Morgan fingerprint density at radius 2 is 1.59 bits per heavy atom. The minimum Gasteiger partial charge on any atom is -0.367 e. The van der Waals surface area contributed by atoms with E-state index in [1.165, 1.54) is 17.1 Å². The molecular weight excluding hydrogens is 446 g/mol. The maximum Gasteiger partial charge on any atom is 0.243 e. The molecule has 32 heavy (non-hydrogen) atoms. The van der Waals surface area contributed by atoms with Crippen LogP contribution < -0.4 is 10.2 Å². The molecule has 0 bridgehead atoms. The van der Waals surface area contributed by atoms with Crippen molar-refractivity contribution in [1.82, 2.24) is 14.3 Å². The lowest BCUT2D eigenvalue weighted by Crippen LogP contribution is -2.49. The number of aromatic nitrogens is 2. The lowest BCUT2D eigenvalue weighted by Gasteiger charge is -2.34. The van der Waals surface area contributed by atoms with Gasteiger partial charge in [-0.25, -0.2) is 13.4 Å². The van der Waals surface area contributed by atoms with Crippen molar-refractivity contribution in [3.8, 4) is 0 Å². The van der Waals surface area contributed by atoms with Crippen molar-refractivity contribution in [1.29, 1.82) is 0 Å². The van der Waals surface area contributed by atoms with E-state index in [4.69, 9.17) is 21.6 Å². The highest BCUT2D eigenvalue weighted by atomic mass is 35.5. The fourth-order valence-corrected chi connectivity index (χ4v) is 6.01. The van der Waals surface area contributed by atoms with E-state index in [0.717, 1.165) is 29.6 Å². The Kier molecular flexibility index (Phi) is 5.92. The van der Waals surface area contributed by atoms with Crippen LogP contribution in [-0.4, -0.2) is 54.9 Å². The fourth-order valence-electron chi connectivity index (χ4n) is 4.46. The quantitative estimate of drug-likeness (QED) is 0.602. The van der Waals surface area contributed by atoms with E-state index in [1.807, 2.05) is 24.3 Å². The van der Waals surface area contributed by atoms with Crippen LogP contribution >= 0.6 is 11.6 Å². The number of hydrogen-bond acceptors (Lipinski definition) is 6. The SMILES string of the molecule is O=S(=O)(c1ccc(Cl)cc1)N1CCN(c2nc(NC3CCCC3)c3ccccc3n2)CC1. The number of fused-ring (bicyclic) bond motifs is 1. The van der Waals surface area contributed by atoms with Crippen LogP contribution in [-0.2, 0) is 10.0 Å². The molecule has 3 aromatic rings. The molecule has 1 aliphatic heterocycles. The average Bonchev–Trinajstić information content (AvgIpc) is 3.32. The van der Waals surface area contributed by atoms with Gasteiger partial charge >= 0.3 is 0 Å². The first kappa shape index (κ1) is 21.4. The summed E-state index contributed by atoms with van der Waals surface area (Å²) in [5.41, 5.74) is 0.897. The van der Waals surface area contributed by atoms with Gasteiger partial charge in [-0.05, 0) is 49.2 Å². The van der Waals surface area contributed by atoms with E-state index in [0.29, 0.717) is 43.2 Å². The van der Waals surface area contributed by atoms with Crippen LogP contribution in [0.15, 0.2) is 53.4 Å². The highest BCUT2D eigenvalue weighted by Crippen LogP contribution is 2.28. The van der Waals surface area contributed by atoms with E-state index in [2.05, 4.69) is 10.2 Å². The van der Waals surface area contributed by atoms with Crippen molar-refractivity contribution in [2.45, 2.75) is 36.6 Å². The summed E-state index contributed by atoms with van der Waals surface area (Å²) in [6.07, 6.45) is 4.82. The molecule has 5 rings (SSSR count). The molecule has 1 aromatic heterocycles. The molecule has 2 fully saturated rings. The predicted molar refractivity (Wildman–Crippen MR) is 128 cm³/mol. The molecule has 1 N–H and O–H groups in total. The molecule has 2 aliphatic rings. The molecule has 0 amide bonds. The summed E-state index contributed by atoms with van der Waals surface area (Å²) in [6.45, 7) is 1.83. The zero-order valence-electron chi connectivity index (χ0n) is 17.7. The first-order valence-electron chi connectivity index (χ1n) is 11.0. The standard InChI is InChI=1S/C23H26ClN5O2S/c24-17-9-11-19(12-10-17)32(30,31)29-15-13-28(14-16-29)23-26-21-8-4-3-7-20(21)22(27-23)25-18-5-1-2-6-18/h3-4,7-12,18H,1-2,5-6,13-16H2,(H,25,26,27). The minimum atomic E-state index is -3.55.